The molecule has 1 amide bonds. The van der Waals surface area contributed by atoms with Crippen molar-refractivity contribution in [2.75, 3.05) is 6.54 Å². The molecule has 31 heavy (non-hydrogen) atoms. The molecule has 0 aliphatic rings. The van der Waals surface area contributed by atoms with E-state index >= 15 is 0 Å². The molecule has 0 radical (unpaired) electrons. The first-order valence-corrected chi connectivity index (χ1v) is 11.3. The Bertz CT molecular complexity index is 1300. The van der Waals surface area contributed by atoms with Gasteiger partial charge >= 0.3 is 0 Å². The number of amides is 1. The van der Waals surface area contributed by atoms with Crippen LogP contribution < -0.4 is 5.56 Å². The van der Waals surface area contributed by atoms with Crippen LogP contribution in [0.3, 0.4) is 0 Å². The number of hydrogen-bond acceptors (Lipinski definition) is 5. The SMILES string of the molecule is CCCN(Cc1nc2cc(Cl)ccc2c(=O)[nH]1)C(=O)c1csc(-c2ccc(Cl)cc2)n1. The van der Waals surface area contributed by atoms with Crippen LogP contribution in [0.4, 0.5) is 0 Å². The normalized spacial score (nSPS) is 11.1. The molecule has 158 valence electrons. The van der Waals surface area contributed by atoms with Gasteiger partial charge in [-0.2, -0.15) is 0 Å². The molecular formula is C22H18Cl2N4O2S. The smallest absolute Gasteiger partial charge is 0.273 e. The van der Waals surface area contributed by atoms with Gasteiger partial charge in [0.05, 0.1) is 17.4 Å². The van der Waals surface area contributed by atoms with Crippen LogP contribution in [-0.4, -0.2) is 32.3 Å². The van der Waals surface area contributed by atoms with Crippen molar-refractivity contribution < 1.29 is 4.79 Å². The number of nitrogens with zero attached hydrogens (tertiary/aromatic N) is 3. The van der Waals surface area contributed by atoms with Gasteiger partial charge in [0.15, 0.2) is 0 Å². The molecule has 0 saturated carbocycles. The molecule has 0 spiro atoms. The van der Waals surface area contributed by atoms with Gasteiger partial charge < -0.3 is 9.88 Å². The summed E-state index contributed by atoms with van der Waals surface area (Å²) in [6.45, 7) is 2.65. The predicted octanol–water partition coefficient (Wildman–Crippen LogP) is 5.41. The summed E-state index contributed by atoms with van der Waals surface area (Å²) in [7, 11) is 0. The largest absolute Gasteiger partial charge is 0.330 e. The van der Waals surface area contributed by atoms with Crippen molar-refractivity contribution >= 4 is 51.3 Å². The molecule has 0 saturated heterocycles. The molecule has 9 heteroatoms. The molecule has 0 fully saturated rings. The van der Waals surface area contributed by atoms with Crippen molar-refractivity contribution in [1.82, 2.24) is 19.9 Å². The zero-order chi connectivity index (χ0) is 22.0. The number of aromatic amines is 1. The van der Waals surface area contributed by atoms with E-state index in [2.05, 4.69) is 15.0 Å². The third kappa shape index (κ3) is 4.79. The number of carbonyl (C=O) groups excluding carboxylic acids is 1. The minimum atomic E-state index is -0.265. The Balaban J connectivity index is 1.60. The van der Waals surface area contributed by atoms with E-state index in [1.807, 2.05) is 19.1 Å². The van der Waals surface area contributed by atoms with E-state index in [0.717, 1.165) is 17.0 Å². The summed E-state index contributed by atoms with van der Waals surface area (Å²) in [5, 5.41) is 4.07. The summed E-state index contributed by atoms with van der Waals surface area (Å²) >= 11 is 13.4. The zero-order valence-corrected chi connectivity index (χ0v) is 18.9. The van der Waals surface area contributed by atoms with Crippen LogP contribution in [-0.2, 0) is 6.54 Å². The van der Waals surface area contributed by atoms with E-state index in [9.17, 15) is 9.59 Å². The molecule has 1 N–H and O–H groups in total. The Hall–Kier alpha value is -2.74. The highest BCUT2D eigenvalue weighted by Gasteiger charge is 2.20. The third-order valence-corrected chi connectivity index (χ3v) is 6.03. The molecule has 0 unspecified atom stereocenters. The van der Waals surface area contributed by atoms with Crippen LogP contribution in [0.5, 0.6) is 0 Å². The number of aromatic nitrogens is 3. The van der Waals surface area contributed by atoms with Gasteiger partial charge in [0.25, 0.3) is 11.5 Å². The summed E-state index contributed by atoms with van der Waals surface area (Å²) in [4.78, 5) is 39.0. The van der Waals surface area contributed by atoms with E-state index in [4.69, 9.17) is 23.2 Å². The number of fused-ring (bicyclic) bond motifs is 1. The molecule has 0 aliphatic carbocycles. The molecule has 4 aromatic rings. The maximum atomic E-state index is 13.1. The second-order valence-corrected chi connectivity index (χ2v) is 8.68. The van der Waals surface area contributed by atoms with Gasteiger partial charge in [0.2, 0.25) is 0 Å². The number of rotatable bonds is 6. The zero-order valence-electron chi connectivity index (χ0n) is 16.6. The number of nitrogens with one attached hydrogen (secondary N) is 1. The Morgan fingerprint density at radius 2 is 1.84 bits per heavy atom. The highest BCUT2D eigenvalue weighted by atomic mass is 35.5. The Morgan fingerprint density at radius 1 is 1.10 bits per heavy atom. The number of H-pyrrole nitrogens is 1. The summed E-state index contributed by atoms with van der Waals surface area (Å²) in [6, 6.07) is 12.2. The first-order chi connectivity index (χ1) is 14.9. The summed E-state index contributed by atoms with van der Waals surface area (Å²) in [5.74, 6) is 0.182. The van der Waals surface area contributed by atoms with E-state index in [0.29, 0.717) is 39.0 Å². The summed E-state index contributed by atoms with van der Waals surface area (Å²) in [6.07, 6.45) is 0.754. The summed E-state index contributed by atoms with van der Waals surface area (Å²) in [5.41, 5.74) is 1.48. The van der Waals surface area contributed by atoms with Crippen molar-refractivity contribution in [2.24, 2.45) is 0 Å². The van der Waals surface area contributed by atoms with E-state index in [1.54, 1.807) is 40.6 Å². The topological polar surface area (TPSA) is 79.0 Å². The number of halogens is 2. The average molecular weight is 473 g/mol. The molecule has 0 aliphatic heterocycles. The van der Waals surface area contributed by atoms with Gasteiger partial charge in [0.1, 0.15) is 16.5 Å². The van der Waals surface area contributed by atoms with Crippen LogP contribution in [0.15, 0.2) is 52.6 Å². The van der Waals surface area contributed by atoms with Crippen LogP contribution >= 0.6 is 34.5 Å². The predicted molar refractivity (Wildman–Crippen MR) is 125 cm³/mol. The lowest BCUT2D eigenvalue weighted by atomic mass is 10.2. The second kappa shape index (κ2) is 9.18. The van der Waals surface area contributed by atoms with Gasteiger partial charge in [-0.1, -0.05) is 42.3 Å². The molecular weight excluding hydrogens is 455 g/mol. The van der Waals surface area contributed by atoms with E-state index < -0.39 is 0 Å². The Morgan fingerprint density at radius 3 is 2.58 bits per heavy atom. The molecule has 2 heterocycles. The van der Waals surface area contributed by atoms with Gasteiger partial charge in [0, 0.05) is 27.5 Å². The Labute approximate surface area is 192 Å². The van der Waals surface area contributed by atoms with Gasteiger partial charge in [-0.15, -0.1) is 11.3 Å². The summed E-state index contributed by atoms with van der Waals surface area (Å²) < 4.78 is 0. The van der Waals surface area contributed by atoms with Crippen molar-refractivity contribution in [3.8, 4) is 10.6 Å². The molecule has 2 aromatic carbocycles. The van der Waals surface area contributed by atoms with E-state index in [1.165, 1.54) is 11.3 Å². The molecule has 0 bridgehead atoms. The number of benzene rings is 2. The molecule has 4 rings (SSSR count). The highest BCUT2D eigenvalue weighted by molar-refractivity contribution is 7.13. The minimum absolute atomic E-state index is 0.165. The minimum Gasteiger partial charge on any atom is -0.330 e. The van der Waals surface area contributed by atoms with Gasteiger partial charge in [-0.05, 0) is 36.8 Å². The maximum absolute atomic E-state index is 13.1. The van der Waals surface area contributed by atoms with Crippen molar-refractivity contribution in [2.45, 2.75) is 19.9 Å². The first kappa shape index (κ1) is 21.5. The van der Waals surface area contributed by atoms with Crippen LogP contribution in [0.1, 0.15) is 29.7 Å². The van der Waals surface area contributed by atoms with Crippen LogP contribution in [0, 0.1) is 0 Å². The monoisotopic (exact) mass is 472 g/mol. The number of hydrogen-bond donors (Lipinski definition) is 1. The maximum Gasteiger partial charge on any atom is 0.273 e. The average Bonchev–Trinajstić information content (AvgIpc) is 3.23. The van der Waals surface area contributed by atoms with Crippen molar-refractivity contribution in [3.63, 3.8) is 0 Å². The van der Waals surface area contributed by atoms with Crippen LogP contribution in [0.2, 0.25) is 10.0 Å². The quantitative estimate of drug-likeness (QED) is 0.407. The first-order valence-electron chi connectivity index (χ1n) is 9.64. The standard InChI is InChI=1S/C22H18Cl2N4O2S/c1-2-9-28(11-19-25-17-10-15(24)7-8-16(17)20(29)27-19)22(30)18-12-31-21(26-18)13-3-5-14(23)6-4-13/h3-8,10,12H,2,9,11H2,1H3,(H,25,27,29). The van der Waals surface area contributed by atoms with Crippen molar-refractivity contribution in [1.29, 1.82) is 0 Å². The fraction of sp³-hybridized carbons (Fsp3) is 0.182. The number of carbonyl (C=O) groups is 1. The van der Waals surface area contributed by atoms with Gasteiger partial charge in [-0.25, -0.2) is 9.97 Å². The van der Waals surface area contributed by atoms with E-state index in [-0.39, 0.29) is 18.0 Å². The molecule has 0 atom stereocenters. The Kier molecular flexibility index (Phi) is 6.36. The van der Waals surface area contributed by atoms with Gasteiger partial charge in [-0.3, -0.25) is 9.59 Å². The van der Waals surface area contributed by atoms with Crippen LogP contribution in [0.25, 0.3) is 21.5 Å². The second-order valence-electron chi connectivity index (χ2n) is 6.95. The molecule has 6 nitrogen and oxygen atoms in total. The lowest BCUT2D eigenvalue weighted by Gasteiger charge is -2.20. The fourth-order valence-corrected chi connectivity index (χ4v) is 4.29. The fourth-order valence-electron chi connectivity index (χ4n) is 3.20. The molecule has 2 aromatic heterocycles. The highest BCUT2D eigenvalue weighted by Crippen LogP contribution is 2.26. The third-order valence-electron chi connectivity index (χ3n) is 4.65. The lowest BCUT2D eigenvalue weighted by Crippen LogP contribution is -2.33. The lowest BCUT2D eigenvalue weighted by molar-refractivity contribution is 0.0734. The number of thiazole rings is 1. The van der Waals surface area contributed by atoms with Crippen molar-refractivity contribution in [3.05, 3.63) is 79.8 Å².